The van der Waals surface area contributed by atoms with Gasteiger partial charge in [-0.2, -0.15) is 5.21 Å². The average molecular weight is 377 g/mol. The Labute approximate surface area is 150 Å². The van der Waals surface area contributed by atoms with Crippen LogP contribution >= 0.6 is 24.3 Å². The summed E-state index contributed by atoms with van der Waals surface area (Å²) in [6.45, 7) is 0. The Bertz CT molecular complexity index is 942. The standard InChI is InChI=1S/C14H11N5O4S2/c20-13(11-6-1-2-7-12(11)25-23-22-21)15-9-4-3-5-10(8-9)19-14(24)16-17-18-19/h1-8,21H,(H,15,20)(H,16,18,24). The van der Waals surface area contributed by atoms with E-state index < -0.39 is 0 Å². The molecule has 1 amide bonds. The molecule has 1 heterocycles. The Kier molecular flexibility index (Phi) is 5.53. The number of aromatic amines is 1. The topological polar surface area (TPSA) is 114 Å². The molecule has 0 saturated heterocycles. The number of H-pyrrole nitrogens is 1. The number of nitrogens with zero attached hydrogens (tertiary/aromatic N) is 3. The largest absolute Gasteiger partial charge is 0.322 e. The number of amides is 1. The first-order chi connectivity index (χ1) is 12.2. The van der Waals surface area contributed by atoms with Gasteiger partial charge < -0.3 is 5.32 Å². The molecule has 0 bridgehead atoms. The number of carbonyl (C=O) groups is 1. The molecule has 0 atom stereocenters. The SMILES string of the molecule is O=C(Nc1cccc(-n2[nH]nnc2=S)c1)c1ccccc1SOOO. The number of carbonyl (C=O) groups excluding carboxylic acids is 1. The summed E-state index contributed by atoms with van der Waals surface area (Å²) < 4.78 is 6.17. The van der Waals surface area contributed by atoms with Crippen LogP contribution in [0.5, 0.6) is 0 Å². The van der Waals surface area contributed by atoms with Gasteiger partial charge in [0.2, 0.25) is 4.77 Å². The van der Waals surface area contributed by atoms with E-state index in [2.05, 4.69) is 30.2 Å². The van der Waals surface area contributed by atoms with Gasteiger partial charge in [-0.15, -0.1) is 4.33 Å². The average Bonchev–Trinajstić information content (AvgIpc) is 3.06. The van der Waals surface area contributed by atoms with E-state index in [-0.39, 0.29) is 10.7 Å². The van der Waals surface area contributed by atoms with Crippen molar-refractivity contribution < 1.29 is 19.4 Å². The monoisotopic (exact) mass is 377 g/mol. The smallest absolute Gasteiger partial charge is 0.256 e. The molecule has 0 aliphatic heterocycles. The number of rotatable bonds is 6. The highest BCUT2D eigenvalue weighted by molar-refractivity contribution is 7.94. The normalized spacial score (nSPS) is 10.6. The van der Waals surface area contributed by atoms with Crippen molar-refractivity contribution in [3.63, 3.8) is 0 Å². The minimum atomic E-state index is -0.354. The summed E-state index contributed by atoms with van der Waals surface area (Å²) in [7, 11) is 0. The molecule has 2 aromatic carbocycles. The zero-order valence-corrected chi connectivity index (χ0v) is 14.1. The molecule has 0 radical (unpaired) electrons. The molecule has 0 aliphatic rings. The molecular formula is C14H11N5O4S2. The maximum Gasteiger partial charge on any atom is 0.256 e. The minimum Gasteiger partial charge on any atom is -0.322 e. The maximum absolute atomic E-state index is 12.5. The number of hydrogen-bond donors (Lipinski definition) is 3. The summed E-state index contributed by atoms with van der Waals surface area (Å²) in [5.41, 5.74) is 1.58. The minimum absolute atomic E-state index is 0.270. The fourth-order valence-electron chi connectivity index (χ4n) is 2.07. The Morgan fingerprint density at radius 1 is 1.28 bits per heavy atom. The first kappa shape index (κ1) is 17.3. The molecule has 1 aromatic heterocycles. The van der Waals surface area contributed by atoms with Gasteiger partial charge in [0.1, 0.15) is 0 Å². The van der Waals surface area contributed by atoms with Gasteiger partial charge in [-0.05, 0) is 42.5 Å². The molecule has 0 fully saturated rings. The number of anilines is 1. The van der Waals surface area contributed by atoms with Gasteiger partial charge in [0.05, 0.1) is 28.2 Å². The highest BCUT2D eigenvalue weighted by Gasteiger charge is 2.13. The van der Waals surface area contributed by atoms with E-state index in [0.717, 1.165) is 0 Å². The second-order valence-electron chi connectivity index (χ2n) is 4.64. The highest BCUT2D eigenvalue weighted by atomic mass is 32.2. The summed E-state index contributed by atoms with van der Waals surface area (Å²) in [6, 6.07) is 13.7. The first-order valence-corrected chi connectivity index (χ1v) is 7.99. The second-order valence-corrected chi connectivity index (χ2v) is 5.75. The van der Waals surface area contributed by atoms with Crippen LogP contribution in [0.1, 0.15) is 10.4 Å². The Morgan fingerprint density at radius 3 is 2.88 bits per heavy atom. The lowest BCUT2D eigenvalue weighted by atomic mass is 10.2. The van der Waals surface area contributed by atoms with Gasteiger partial charge in [-0.25, -0.2) is 9.94 Å². The molecule has 3 aromatic rings. The van der Waals surface area contributed by atoms with E-state index in [1.165, 1.54) is 4.68 Å². The van der Waals surface area contributed by atoms with Gasteiger partial charge in [0.25, 0.3) is 5.91 Å². The van der Waals surface area contributed by atoms with Crippen molar-refractivity contribution in [2.24, 2.45) is 0 Å². The molecule has 0 unspecified atom stereocenters. The molecule has 3 rings (SSSR count). The van der Waals surface area contributed by atoms with Gasteiger partial charge in [-0.3, -0.25) is 4.79 Å². The molecule has 9 nitrogen and oxygen atoms in total. The molecular weight excluding hydrogens is 366 g/mol. The molecule has 128 valence electrons. The van der Waals surface area contributed by atoms with Crippen molar-refractivity contribution in [3.05, 3.63) is 58.9 Å². The van der Waals surface area contributed by atoms with Gasteiger partial charge in [-0.1, -0.05) is 33.5 Å². The van der Waals surface area contributed by atoms with Crippen molar-refractivity contribution in [1.29, 1.82) is 0 Å². The Balaban J connectivity index is 1.82. The van der Waals surface area contributed by atoms with E-state index in [0.29, 0.717) is 33.9 Å². The third-order valence-corrected chi connectivity index (χ3v) is 4.05. The van der Waals surface area contributed by atoms with Gasteiger partial charge in [0, 0.05) is 5.69 Å². The van der Waals surface area contributed by atoms with E-state index in [1.54, 1.807) is 48.5 Å². The zero-order valence-electron chi connectivity index (χ0n) is 12.4. The van der Waals surface area contributed by atoms with Crippen LogP contribution < -0.4 is 5.32 Å². The fraction of sp³-hybridized carbons (Fsp3) is 0. The Morgan fingerprint density at radius 2 is 2.12 bits per heavy atom. The van der Waals surface area contributed by atoms with Gasteiger partial charge >= 0.3 is 0 Å². The lowest BCUT2D eigenvalue weighted by Crippen LogP contribution is -2.13. The lowest BCUT2D eigenvalue weighted by Gasteiger charge is -2.09. The van der Waals surface area contributed by atoms with Crippen molar-refractivity contribution in [1.82, 2.24) is 20.2 Å². The third-order valence-electron chi connectivity index (χ3n) is 3.12. The molecule has 25 heavy (non-hydrogen) atoms. The van der Waals surface area contributed by atoms with E-state index >= 15 is 0 Å². The van der Waals surface area contributed by atoms with Gasteiger partial charge in [0.15, 0.2) is 0 Å². The summed E-state index contributed by atoms with van der Waals surface area (Å²) in [6.07, 6.45) is 0. The van der Waals surface area contributed by atoms with E-state index in [1.807, 2.05) is 0 Å². The van der Waals surface area contributed by atoms with Crippen molar-refractivity contribution >= 4 is 35.9 Å². The molecule has 3 N–H and O–H groups in total. The van der Waals surface area contributed by atoms with Crippen LogP contribution in [0.4, 0.5) is 5.69 Å². The van der Waals surface area contributed by atoms with Crippen LogP contribution in [0.25, 0.3) is 5.69 Å². The predicted molar refractivity (Wildman–Crippen MR) is 91.6 cm³/mol. The second kappa shape index (κ2) is 8.00. The summed E-state index contributed by atoms with van der Waals surface area (Å²) in [5, 5.41) is 24.6. The highest BCUT2D eigenvalue weighted by Crippen LogP contribution is 2.24. The maximum atomic E-state index is 12.5. The van der Waals surface area contributed by atoms with E-state index in [9.17, 15) is 4.79 Å². The zero-order chi connectivity index (χ0) is 17.6. The van der Waals surface area contributed by atoms with E-state index in [4.69, 9.17) is 17.5 Å². The number of aromatic nitrogens is 4. The van der Waals surface area contributed by atoms with Crippen LogP contribution in [0.2, 0.25) is 0 Å². The first-order valence-electron chi connectivity index (χ1n) is 6.85. The number of hydrogen-bond acceptors (Lipinski definition) is 8. The summed E-state index contributed by atoms with van der Waals surface area (Å²) >= 11 is 5.77. The third kappa shape index (κ3) is 4.10. The summed E-state index contributed by atoms with van der Waals surface area (Å²) in [5.74, 6) is -0.354. The Hall–Kier alpha value is -2.57. The lowest BCUT2D eigenvalue weighted by molar-refractivity contribution is -0.432. The molecule has 0 saturated carbocycles. The van der Waals surface area contributed by atoms with Crippen molar-refractivity contribution in [3.8, 4) is 5.69 Å². The van der Waals surface area contributed by atoms with Crippen LogP contribution in [-0.4, -0.2) is 31.4 Å². The fourth-order valence-corrected chi connectivity index (χ4v) is 2.74. The molecule has 11 heteroatoms. The molecule has 0 aliphatic carbocycles. The number of benzene rings is 2. The van der Waals surface area contributed by atoms with Crippen LogP contribution in [0, 0.1) is 4.77 Å². The number of tetrazole rings is 1. The van der Waals surface area contributed by atoms with Crippen molar-refractivity contribution in [2.75, 3.05) is 5.32 Å². The quantitative estimate of drug-likeness (QED) is 0.260. The number of nitrogens with one attached hydrogen (secondary N) is 2. The van der Waals surface area contributed by atoms with Crippen LogP contribution in [-0.2, 0) is 9.37 Å². The predicted octanol–water partition coefficient (Wildman–Crippen LogP) is 3.01. The summed E-state index contributed by atoms with van der Waals surface area (Å²) in [4.78, 5) is 13.0. The van der Waals surface area contributed by atoms with Crippen molar-refractivity contribution in [2.45, 2.75) is 4.90 Å². The van der Waals surface area contributed by atoms with Crippen LogP contribution in [0.3, 0.4) is 0 Å². The molecule has 0 spiro atoms. The van der Waals surface area contributed by atoms with Crippen LogP contribution in [0.15, 0.2) is 53.4 Å².